The Kier molecular flexibility index (Phi) is 9.23. The Labute approximate surface area is 168 Å². The van der Waals surface area contributed by atoms with Crippen LogP contribution in [-0.2, 0) is 9.59 Å². The molecule has 7 heteroatoms. The molecule has 1 heterocycles. The first-order valence-electron chi connectivity index (χ1n) is 10.1. The summed E-state index contributed by atoms with van der Waals surface area (Å²) in [7, 11) is 0. The van der Waals surface area contributed by atoms with Crippen LogP contribution in [0.5, 0.6) is 5.75 Å². The number of rotatable bonds is 10. The summed E-state index contributed by atoms with van der Waals surface area (Å²) in [4.78, 5) is 28.2. The minimum Gasteiger partial charge on any atom is -0.494 e. The molecule has 7 nitrogen and oxygen atoms in total. The minimum atomic E-state index is 0.0431. The van der Waals surface area contributed by atoms with Crippen LogP contribution in [-0.4, -0.2) is 80.1 Å². The lowest BCUT2D eigenvalue weighted by Crippen LogP contribution is -2.52. The van der Waals surface area contributed by atoms with E-state index in [1.807, 2.05) is 45.0 Å². The van der Waals surface area contributed by atoms with Crippen molar-refractivity contribution in [1.82, 2.24) is 20.4 Å². The van der Waals surface area contributed by atoms with Gasteiger partial charge >= 0.3 is 0 Å². The van der Waals surface area contributed by atoms with Gasteiger partial charge < -0.3 is 15.4 Å². The predicted octanol–water partition coefficient (Wildman–Crippen LogP) is 1.02. The van der Waals surface area contributed by atoms with Gasteiger partial charge in [0.25, 0.3) is 0 Å². The molecule has 2 rings (SSSR count). The van der Waals surface area contributed by atoms with Gasteiger partial charge in [0.2, 0.25) is 11.8 Å². The smallest absolute Gasteiger partial charge is 0.234 e. The van der Waals surface area contributed by atoms with E-state index in [2.05, 4.69) is 20.4 Å². The van der Waals surface area contributed by atoms with Crippen molar-refractivity contribution < 1.29 is 14.3 Å². The highest BCUT2D eigenvalue weighted by Crippen LogP contribution is 2.12. The molecule has 0 aliphatic carbocycles. The van der Waals surface area contributed by atoms with Crippen molar-refractivity contribution >= 4 is 11.8 Å². The fraction of sp³-hybridized carbons (Fsp3) is 0.619. The van der Waals surface area contributed by atoms with Crippen LogP contribution < -0.4 is 15.4 Å². The summed E-state index contributed by atoms with van der Waals surface area (Å²) in [6.45, 7) is 11.2. The molecule has 0 saturated carbocycles. The van der Waals surface area contributed by atoms with Gasteiger partial charge in [0.05, 0.1) is 19.7 Å². The van der Waals surface area contributed by atoms with Crippen LogP contribution >= 0.6 is 0 Å². The SMILES string of the molecule is Cc1cccc(OCCCNC(=O)CN2CCN(CC(=O)NC(C)C)CC2)c1. The summed E-state index contributed by atoms with van der Waals surface area (Å²) in [6.07, 6.45) is 0.776. The second-order valence-corrected chi connectivity index (χ2v) is 7.64. The zero-order valence-electron chi connectivity index (χ0n) is 17.4. The Balaban J connectivity index is 1.53. The molecule has 1 saturated heterocycles. The average molecular weight is 391 g/mol. The largest absolute Gasteiger partial charge is 0.494 e. The molecule has 2 N–H and O–H groups in total. The van der Waals surface area contributed by atoms with Crippen LogP contribution in [0.1, 0.15) is 25.8 Å². The molecule has 0 aromatic heterocycles. The Morgan fingerprint density at radius 3 is 2.32 bits per heavy atom. The molecular formula is C21H34N4O3. The van der Waals surface area contributed by atoms with Crippen LogP contribution in [0.15, 0.2) is 24.3 Å². The zero-order chi connectivity index (χ0) is 20.4. The number of benzene rings is 1. The lowest BCUT2D eigenvalue weighted by molar-refractivity contribution is -0.125. The molecule has 0 bridgehead atoms. The highest BCUT2D eigenvalue weighted by atomic mass is 16.5. The first-order chi connectivity index (χ1) is 13.4. The summed E-state index contributed by atoms with van der Waals surface area (Å²) in [5.74, 6) is 0.974. The molecule has 1 fully saturated rings. The van der Waals surface area contributed by atoms with E-state index in [0.717, 1.165) is 38.3 Å². The molecular weight excluding hydrogens is 356 g/mol. The maximum absolute atomic E-state index is 12.1. The molecule has 1 aromatic carbocycles. The Morgan fingerprint density at radius 1 is 1.07 bits per heavy atom. The fourth-order valence-corrected chi connectivity index (χ4v) is 3.13. The monoisotopic (exact) mass is 390 g/mol. The first kappa shape index (κ1) is 22.2. The number of amides is 2. The lowest BCUT2D eigenvalue weighted by atomic mass is 10.2. The Bertz CT molecular complexity index is 628. The van der Waals surface area contributed by atoms with Crippen molar-refractivity contribution in [2.24, 2.45) is 0 Å². The third kappa shape index (κ3) is 8.71. The normalized spacial score (nSPS) is 15.4. The van der Waals surface area contributed by atoms with Gasteiger partial charge in [-0.15, -0.1) is 0 Å². The molecule has 0 unspecified atom stereocenters. The first-order valence-corrected chi connectivity index (χ1v) is 10.1. The van der Waals surface area contributed by atoms with Gasteiger partial charge in [0, 0.05) is 38.8 Å². The Morgan fingerprint density at radius 2 is 1.71 bits per heavy atom. The lowest BCUT2D eigenvalue weighted by Gasteiger charge is -2.33. The standard InChI is InChI=1S/C21H34N4O3/c1-17(2)23-21(27)16-25-11-9-24(10-12-25)15-20(26)22-8-5-13-28-19-7-4-6-18(3)14-19/h4,6-7,14,17H,5,8-13,15-16H2,1-3H3,(H,22,26)(H,23,27). The van der Waals surface area contributed by atoms with Gasteiger partial charge in [-0.3, -0.25) is 19.4 Å². The van der Waals surface area contributed by atoms with Crippen LogP contribution in [0.3, 0.4) is 0 Å². The maximum atomic E-state index is 12.1. The highest BCUT2D eigenvalue weighted by molar-refractivity contribution is 5.78. The van der Waals surface area contributed by atoms with Crippen molar-refractivity contribution in [3.05, 3.63) is 29.8 Å². The molecule has 1 aliphatic heterocycles. The average Bonchev–Trinajstić information content (AvgIpc) is 2.62. The van der Waals surface area contributed by atoms with E-state index in [1.165, 1.54) is 5.56 Å². The van der Waals surface area contributed by atoms with Gasteiger partial charge in [0.1, 0.15) is 5.75 Å². The van der Waals surface area contributed by atoms with Crippen LogP contribution in [0.2, 0.25) is 0 Å². The maximum Gasteiger partial charge on any atom is 0.234 e. The van der Waals surface area contributed by atoms with E-state index in [9.17, 15) is 9.59 Å². The molecule has 156 valence electrons. The molecule has 2 amide bonds. The third-order valence-corrected chi connectivity index (χ3v) is 4.55. The van der Waals surface area contributed by atoms with Gasteiger partial charge in [0.15, 0.2) is 0 Å². The van der Waals surface area contributed by atoms with Crippen LogP contribution in [0.25, 0.3) is 0 Å². The third-order valence-electron chi connectivity index (χ3n) is 4.55. The van der Waals surface area contributed by atoms with E-state index < -0.39 is 0 Å². The number of carbonyl (C=O) groups is 2. The van der Waals surface area contributed by atoms with E-state index >= 15 is 0 Å². The second kappa shape index (κ2) is 11.7. The van der Waals surface area contributed by atoms with E-state index in [4.69, 9.17) is 4.74 Å². The summed E-state index contributed by atoms with van der Waals surface area (Å²) in [5.41, 5.74) is 1.17. The number of hydrogen-bond donors (Lipinski definition) is 2. The molecule has 28 heavy (non-hydrogen) atoms. The number of hydrogen-bond acceptors (Lipinski definition) is 5. The zero-order valence-corrected chi connectivity index (χ0v) is 17.4. The van der Waals surface area contributed by atoms with E-state index in [-0.39, 0.29) is 17.9 Å². The number of nitrogens with zero attached hydrogens (tertiary/aromatic N) is 2. The summed E-state index contributed by atoms with van der Waals surface area (Å²) >= 11 is 0. The molecule has 1 aromatic rings. The van der Waals surface area contributed by atoms with E-state index in [1.54, 1.807) is 0 Å². The quantitative estimate of drug-likeness (QED) is 0.584. The van der Waals surface area contributed by atoms with Crippen molar-refractivity contribution in [1.29, 1.82) is 0 Å². The molecule has 0 atom stereocenters. The van der Waals surface area contributed by atoms with Gasteiger partial charge in [-0.2, -0.15) is 0 Å². The number of carbonyl (C=O) groups excluding carboxylic acids is 2. The van der Waals surface area contributed by atoms with E-state index in [0.29, 0.717) is 26.2 Å². The van der Waals surface area contributed by atoms with Crippen molar-refractivity contribution in [3.63, 3.8) is 0 Å². The van der Waals surface area contributed by atoms with Crippen molar-refractivity contribution in [3.8, 4) is 5.75 Å². The topological polar surface area (TPSA) is 73.9 Å². The minimum absolute atomic E-state index is 0.0431. The number of piperazine rings is 1. The Hall–Kier alpha value is -2.12. The molecule has 1 aliphatic rings. The van der Waals surface area contributed by atoms with Crippen molar-refractivity contribution in [2.45, 2.75) is 33.2 Å². The number of ether oxygens (including phenoxy) is 1. The van der Waals surface area contributed by atoms with Crippen LogP contribution in [0.4, 0.5) is 0 Å². The second-order valence-electron chi connectivity index (χ2n) is 7.64. The number of nitrogens with one attached hydrogen (secondary N) is 2. The highest BCUT2D eigenvalue weighted by Gasteiger charge is 2.20. The summed E-state index contributed by atoms with van der Waals surface area (Å²) in [6, 6.07) is 8.12. The molecule has 0 spiro atoms. The number of aryl methyl sites for hydroxylation is 1. The summed E-state index contributed by atoms with van der Waals surface area (Å²) < 4.78 is 5.69. The molecule has 0 radical (unpaired) electrons. The van der Waals surface area contributed by atoms with Gasteiger partial charge in [-0.25, -0.2) is 0 Å². The van der Waals surface area contributed by atoms with Gasteiger partial charge in [-0.05, 0) is 44.9 Å². The van der Waals surface area contributed by atoms with Crippen molar-refractivity contribution in [2.75, 3.05) is 52.4 Å². The van der Waals surface area contributed by atoms with Crippen LogP contribution in [0, 0.1) is 6.92 Å². The fourth-order valence-electron chi connectivity index (χ4n) is 3.13. The predicted molar refractivity (Wildman–Crippen MR) is 110 cm³/mol. The summed E-state index contributed by atoms with van der Waals surface area (Å²) in [5, 5.41) is 5.87. The van der Waals surface area contributed by atoms with Gasteiger partial charge in [-0.1, -0.05) is 12.1 Å².